The second-order valence-corrected chi connectivity index (χ2v) is 6.05. The van der Waals surface area contributed by atoms with Gasteiger partial charge in [0.25, 0.3) is 0 Å². The van der Waals surface area contributed by atoms with Crippen molar-refractivity contribution in [2.24, 2.45) is 23.7 Å². The molecule has 2 aliphatic heterocycles. The minimum Gasteiger partial charge on any atom is -0.393 e. The van der Waals surface area contributed by atoms with Gasteiger partial charge in [-0.1, -0.05) is 6.92 Å². The van der Waals surface area contributed by atoms with Gasteiger partial charge in [0.05, 0.1) is 12.0 Å². The van der Waals surface area contributed by atoms with E-state index in [4.69, 9.17) is 0 Å². The standard InChI is InChI=1S/C13H22N2O2/c1-8-4-14-5-10(8)13(17)15-6-9-2-3-12(16)11(9)7-15/h8-12,14,16H,2-7H2,1H3/t8-,9?,10-,11?,12?/m1/s1. The first-order chi connectivity index (χ1) is 8.16. The molecule has 1 aliphatic carbocycles. The number of carbonyl (C=O) groups excluding carboxylic acids is 1. The highest BCUT2D eigenvalue weighted by molar-refractivity contribution is 5.80. The van der Waals surface area contributed by atoms with Crippen molar-refractivity contribution in [3.63, 3.8) is 0 Å². The zero-order chi connectivity index (χ0) is 12.0. The van der Waals surface area contributed by atoms with Crippen LogP contribution in [0, 0.1) is 23.7 Å². The molecule has 4 nitrogen and oxygen atoms in total. The maximum atomic E-state index is 12.4. The molecule has 0 radical (unpaired) electrons. The van der Waals surface area contributed by atoms with Gasteiger partial charge in [0.1, 0.15) is 0 Å². The lowest BCUT2D eigenvalue weighted by atomic mass is 9.96. The van der Waals surface area contributed by atoms with E-state index in [0.717, 1.165) is 39.0 Å². The first-order valence-electron chi connectivity index (χ1n) is 6.84. The molecule has 2 N–H and O–H groups in total. The molecule has 0 aromatic rings. The normalized spacial score (nSPS) is 45.3. The van der Waals surface area contributed by atoms with Crippen LogP contribution in [-0.2, 0) is 4.79 Å². The van der Waals surface area contributed by atoms with Gasteiger partial charge in [-0.15, -0.1) is 0 Å². The van der Waals surface area contributed by atoms with Gasteiger partial charge in [0.15, 0.2) is 0 Å². The van der Waals surface area contributed by atoms with E-state index in [1.165, 1.54) is 0 Å². The van der Waals surface area contributed by atoms with Gasteiger partial charge >= 0.3 is 0 Å². The molecule has 0 aromatic heterocycles. The molecule has 1 amide bonds. The van der Waals surface area contributed by atoms with Crippen LogP contribution in [0.2, 0.25) is 0 Å². The lowest BCUT2D eigenvalue weighted by molar-refractivity contribution is -0.135. The number of fused-ring (bicyclic) bond motifs is 1. The van der Waals surface area contributed by atoms with E-state index in [2.05, 4.69) is 12.2 Å². The number of rotatable bonds is 1. The largest absolute Gasteiger partial charge is 0.393 e. The highest BCUT2D eigenvalue weighted by atomic mass is 16.3. The van der Waals surface area contributed by atoms with Crippen molar-refractivity contribution >= 4 is 5.91 Å². The number of hydrogen-bond acceptors (Lipinski definition) is 3. The predicted octanol–water partition coefficient (Wildman–Crippen LogP) is 0.0712. The van der Waals surface area contributed by atoms with Gasteiger partial charge in [-0.2, -0.15) is 0 Å². The summed E-state index contributed by atoms with van der Waals surface area (Å²) < 4.78 is 0. The molecule has 96 valence electrons. The molecular weight excluding hydrogens is 216 g/mol. The zero-order valence-corrected chi connectivity index (χ0v) is 10.4. The third-order valence-corrected chi connectivity index (χ3v) is 4.97. The molecule has 17 heavy (non-hydrogen) atoms. The number of nitrogens with one attached hydrogen (secondary N) is 1. The van der Waals surface area contributed by atoms with Crippen LogP contribution in [-0.4, -0.2) is 48.2 Å². The van der Waals surface area contributed by atoms with Gasteiger partial charge < -0.3 is 15.3 Å². The summed E-state index contributed by atoms with van der Waals surface area (Å²) in [5, 5.41) is 13.2. The van der Waals surface area contributed by atoms with Gasteiger partial charge in [0, 0.05) is 25.6 Å². The third-order valence-electron chi connectivity index (χ3n) is 4.97. The molecule has 3 aliphatic rings. The SMILES string of the molecule is C[C@@H]1CNC[C@H]1C(=O)N1CC2CCC(O)C2C1. The quantitative estimate of drug-likeness (QED) is 0.680. The molecule has 3 unspecified atom stereocenters. The average molecular weight is 238 g/mol. The fourth-order valence-corrected chi connectivity index (χ4v) is 3.79. The monoisotopic (exact) mass is 238 g/mol. The van der Waals surface area contributed by atoms with Crippen LogP contribution in [0.4, 0.5) is 0 Å². The van der Waals surface area contributed by atoms with E-state index in [-0.39, 0.29) is 12.0 Å². The molecule has 3 fully saturated rings. The van der Waals surface area contributed by atoms with Gasteiger partial charge in [-0.05, 0) is 31.2 Å². The number of carbonyl (C=O) groups is 1. The Morgan fingerprint density at radius 3 is 2.76 bits per heavy atom. The van der Waals surface area contributed by atoms with E-state index in [0.29, 0.717) is 23.7 Å². The Balaban J connectivity index is 1.65. The lowest BCUT2D eigenvalue weighted by Gasteiger charge is -2.23. The van der Waals surface area contributed by atoms with E-state index in [1.807, 2.05) is 4.90 Å². The van der Waals surface area contributed by atoms with E-state index in [1.54, 1.807) is 0 Å². The van der Waals surface area contributed by atoms with Crippen LogP contribution in [0.15, 0.2) is 0 Å². The molecule has 1 saturated carbocycles. The molecule has 2 heterocycles. The summed E-state index contributed by atoms with van der Waals surface area (Å²) >= 11 is 0. The van der Waals surface area contributed by atoms with E-state index in [9.17, 15) is 9.90 Å². The molecule has 2 saturated heterocycles. The van der Waals surface area contributed by atoms with Crippen LogP contribution in [0.1, 0.15) is 19.8 Å². The highest BCUT2D eigenvalue weighted by Gasteiger charge is 2.45. The van der Waals surface area contributed by atoms with Gasteiger partial charge in [0.2, 0.25) is 5.91 Å². The third kappa shape index (κ3) is 1.87. The Morgan fingerprint density at radius 1 is 1.29 bits per heavy atom. The van der Waals surface area contributed by atoms with Crippen LogP contribution in [0.5, 0.6) is 0 Å². The summed E-state index contributed by atoms with van der Waals surface area (Å²) in [5.41, 5.74) is 0. The smallest absolute Gasteiger partial charge is 0.227 e. The van der Waals surface area contributed by atoms with Crippen LogP contribution in [0.3, 0.4) is 0 Å². The Morgan fingerprint density at radius 2 is 2.12 bits per heavy atom. The maximum absolute atomic E-state index is 12.4. The summed E-state index contributed by atoms with van der Waals surface area (Å²) in [4.78, 5) is 14.4. The summed E-state index contributed by atoms with van der Waals surface area (Å²) in [6.45, 7) is 5.60. The number of aliphatic hydroxyl groups excluding tert-OH is 1. The van der Waals surface area contributed by atoms with Crippen molar-refractivity contribution in [1.82, 2.24) is 10.2 Å². The minimum absolute atomic E-state index is 0.158. The van der Waals surface area contributed by atoms with Crippen molar-refractivity contribution in [2.45, 2.75) is 25.9 Å². The topological polar surface area (TPSA) is 52.6 Å². The second kappa shape index (κ2) is 4.25. The van der Waals surface area contributed by atoms with Crippen molar-refractivity contribution in [1.29, 1.82) is 0 Å². The van der Waals surface area contributed by atoms with Crippen LogP contribution < -0.4 is 5.32 Å². The molecule has 4 heteroatoms. The first-order valence-corrected chi connectivity index (χ1v) is 6.84. The number of aliphatic hydroxyl groups is 1. The lowest BCUT2D eigenvalue weighted by Crippen LogP contribution is -2.38. The number of hydrogen-bond donors (Lipinski definition) is 2. The number of amides is 1. The van der Waals surface area contributed by atoms with E-state index >= 15 is 0 Å². The zero-order valence-electron chi connectivity index (χ0n) is 10.4. The molecular formula is C13H22N2O2. The number of likely N-dealkylation sites (tertiary alicyclic amines) is 1. The molecule has 0 spiro atoms. The van der Waals surface area contributed by atoms with Crippen LogP contribution in [0.25, 0.3) is 0 Å². The fraction of sp³-hybridized carbons (Fsp3) is 0.923. The summed E-state index contributed by atoms with van der Waals surface area (Å²) in [7, 11) is 0. The molecule has 0 aromatic carbocycles. The van der Waals surface area contributed by atoms with Crippen molar-refractivity contribution in [2.75, 3.05) is 26.2 Å². The first kappa shape index (κ1) is 11.5. The minimum atomic E-state index is -0.170. The van der Waals surface area contributed by atoms with E-state index < -0.39 is 0 Å². The highest BCUT2D eigenvalue weighted by Crippen LogP contribution is 2.38. The number of nitrogens with zero attached hydrogens (tertiary/aromatic N) is 1. The Hall–Kier alpha value is -0.610. The fourth-order valence-electron chi connectivity index (χ4n) is 3.79. The summed E-state index contributed by atoms with van der Waals surface area (Å²) in [5.74, 6) is 1.82. The van der Waals surface area contributed by atoms with Crippen LogP contribution >= 0.6 is 0 Å². The van der Waals surface area contributed by atoms with Crippen molar-refractivity contribution in [3.8, 4) is 0 Å². The molecule has 5 atom stereocenters. The van der Waals surface area contributed by atoms with Crippen molar-refractivity contribution in [3.05, 3.63) is 0 Å². The van der Waals surface area contributed by atoms with Gasteiger partial charge in [-0.3, -0.25) is 4.79 Å². The van der Waals surface area contributed by atoms with Crippen molar-refractivity contribution < 1.29 is 9.90 Å². The summed E-state index contributed by atoms with van der Waals surface area (Å²) in [6, 6.07) is 0. The molecule has 0 bridgehead atoms. The Labute approximate surface area is 102 Å². The maximum Gasteiger partial charge on any atom is 0.227 e. The average Bonchev–Trinajstić information content (AvgIpc) is 2.96. The summed E-state index contributed by atoms with van der Waals surface area (Å²) in [6.07, 6.45) is 1.85. The second-order valence-electron chi connectivity index (χ2n) is 6.05. The Bertz CT molecular complexity index is 321. The predicted molar refractivity (Wildman–Crippen MR) is 64.3 cm³/mol. The molecule has 3 rings (SSSR count). The van der Waals surface area contributed by atoms with Gasteiger partial charge in [-0.25, -0.2) is 0 Å². The Kier molecular flexibility index (Phi) is 2.87.